The summed E-state index contributed by atoms with van der Waals surface area (Å²) in [4.78, 5) is 28.0. The van der Waals surface area contributed by atoms with Gasteiger partial charge in [0.2, 0.25) is 5.91 Å². The Kier molecular flexibility index (Phi) is 9.75. The predicted molar refractivity (Wildman–Crippen MR) is 144 cm³/mol. The lowest BCUT2D eigenvalue weighted by molar-refractivity contribution is -0.142. The van der Waals surface area contributed by atoms with Crippen LogP contribution in [0.15, 0.2) is 77.3 Å². The maximum absolute atomic E-state index is 13.5. The van der Waals surface area contributed by atoms with Gasteiger partial charge in [0.15, 0.2) is 6.61 Å². The first-order chi connectivity index (χ1) is 16.8. The molecule has 0 radical (unpaired) electrons. The van der Waals surface area contributed by atoms with E-state index in [0.29, 0.717) is 23.1 Å². The Morgan fingerprint density at radius 1 is 1.00 bits per heavy atom. The van der Waals surface area contributed by atoms with E-state index in [-0.39, 0.29) is 25.0 Å². The molecule has 0 aromatic heterocycles. The SMILES string of the molecule is CNC(=O)[C@H](Cc1ccccc1)N(Cc1ccc(Cl)cc1)C(=O)COc1ccc(C(C)C)cc1Br. The van der Waals surface area contributed by atoms with E-state index in [1.54, 1.807) is 24.1 Å². The van der Waals surface area contributed by atoms with Gasteiger partial charge in [-0.15, -0.1) is 0 Å². The van der Waals surface area contributed by atoms with Crippen molar-refractivity contribution < 1.29 is 14.3 Å². The highest BCUT2D eigenvalue weighted by atomic mass is 79.9. The van der Waals surface area contributed by atoms with Gasteiger partial charge >= 0.3 is 0 Å². The molecule has 184 valence electrons. The highest BCUT2D eigenvalue weighted by Crippen LogP contribution is 2.29. The van der Waals surface area contributed by atoms with E-state index in [4.69, 9.17) is 16.3 Å². The minimum atomic E-state index is -0.707. The summed E-state index contributed by atoms with van der Waals surface area (Å²) in [5.41, 5.74) is 3.00. The topological polar surface area (TPSA) is 58.6 Å². The minimum absolute atomic E-state index is 0.199. The number of likely N-dealkylation sites (N-methyl/N-ethyl adjacent to an activating group) is 1. The number of amides is 2. The Morgan fingerprint density at radius 2 is 1.69 bits per heavy atom. The van der Waals surface area contributed by atoms with Gasteiger partial charge in [-0.25, -0.2) is 0 Å². The van der Waals surface area contributed by atoms with E-state index in [1.165, 1.54) is 5.56 Å². The summed E-state index contributed by atoms with van der Waals surface area (Å²) < 4.78 is 6.68. The zero-order valence-electron chi connectivity index (χ0n) is 20.1. The number of hydrogen-bond donors (Lipinski definition) is 1. The molecule has 0 saturated heterocycles. The van der Waals surface area contributed by atoms with Gasteiger partial charge in [-0.3, -0.25) is 9.59 Å². The number of carbonyl (C=O) groups is 2. The van der Waals surface area contributed by atoms with E-state index in [1.807, 2.05) is 60.7 Å². The Morgan fingerprint density at radius 3 is 2.29 bits per heavy atom. The second-order valence-electron chi connectivity index (χ2n) is 8.60. The molecule has 7 heteroatoms. The lowest BCUT2D eigenvalue weighted by Gasteiger charge is -2.31. The Labute approximate surface area is 220 Å². The first-order valence-electron chi connectivity index (χ1n) is 11.5. The van der Waals surface area contributed by atoms with Crippen molar-refractivity contribution in [3.63, 3.8) is 0 Å². The standard InChI is InChI=1S/C28H30BrClN2O3/c1-19(2)22-11-14-26(24(29)16-22)35-18-27(33)32(17-21-9-12-23(30)13-10-21)25(28(34)31-3)15-20-7-5-4-6-8-20/h4-14,16,19,25H,15,17-18H2,1-3H3,(H,31,34)/t25-/m0/s1. The number of carbonyl (C=O) groups excluding carboxylic acids is 2. The number of nitrogens with one attached hydrogen (secondary N) is 1. The molecule has 3 rings (SSSR count). The first kappa shape index (κ1) is 26.8. The molecule has 0 aliphatic rings. The molecule has 0 saturated carbocycles. The Bertz CT molecular complexity index is 1140. The normalized spacial score (nSPS) is 11.7. The van der Waals surface area contributed by atoms with Crippen molar-refractivity contribution in [3.05, 3.63) is 99.0 Å². The van der Waals surface area contributed by atoms with Gasteiger partial charge in [-0.2, -0.15) is 0 Å². The molecule has 0 heterocycles. The number of nitrogens with zero attached hydrogens (tertiary/aromatic N) is 1. The molecule has 0 aliphatic heterocycles. The fourth-order valence-corrected chi connectivity index (χ4v) is 4.36. The number of hydrogen-bond acceptors (Lipinski definition) is 3. The molecule has 2 amide bonds. The van der Waals surface area contributed by atoms with Crippen molar-refractivity contribution in [3.8, 4) is 5.75 Å². The van der Waals surface area contributed by atoms with Gasteiger partial charge in [0, 0.05) is 25.0 Å². The van der Waals surface area contributed by atoms with Gasteiger partial charge in [-0.1, -0.05) is 74.0 Å². The molecular weight excluding hydrogens is 528 g/mol. The third-order valence-corrected chi connectivity index (χ3v) is 6.63. The van der Waals surface area contributed by atoms with E-state index in [0.717, 1.165) is 15.6 Å². The average Bonchev–Trinajstić information content (AvgIpc) is 2.86. The van der Waals surface area contributed by atoms with Crippen LogP contribution in [0.1, 0.15) is 36.5 Å². The summed E-state index contributed by atoms with van der Waals surface area (Å²) in [7, 11) is 1.58. The fraction of sp³-hybridized carbons (Fsp3) is 0.286. The molecule has 35 heavy (non-hydrogen) atoms. The third kappa shape index (κ3) is 7.58. The smallest absolute Gasteiger partial charge is 0.261 e. The molecule has 0 bridgehead atoms. The van der Waals surface area contributed by atoms with E-state index in [9.17, 15) is 9.59 Å². The molecule has 3 aromatic rings. The van der Waals surface area contributed by atoms with Crippen molar-refractivity contribution in [1.82, 2.24) is 10.2 Å². The monoisotopic (exact) mass is 556 g/mol. The van der Waals surface area contributed by atoms with Crippen molar-refractivity contribution in [2.45, 2.75) is 38.8 Å². The number of halogens is 2. The van der Waals surface area contributed by atoms with Crippen LogP contribution in [-0.4, -0.2) is 36.4 Å². The van der Waals surface area contributed by atoms with Gasteiger partial charge in [0.25, 0.3) is 5.91 Å². The molecule has 1 N–H and O–H groups in total. The van der Waals surface area contributed by atoms with Crippen LogP contribution >= 0.6 is 27.5 Å². The van der Waals surface area contributed by atoms with Crippen LogP contribution in [0.25, 0.3) is 0 Å². The summed E-state index contributed by atoms with van der Waals surface area (Å²) in [5.74, 6) is 0.430. The van der Waals surface area contributed by atoms with Crippen molar-refractivity contribution >= 4 is 39.3 Å². The lowest BCUT2D eigenvalue weighted by Crippen LogP contribution is -2.51. The van der Waals surface area contributed by atoms with Crippen LogP contribution < -0.4 is 10.1 Å². The van der Waals surface area contributed by atoms with E-state index in [2.05, 4.69) is 35.1 Å². The highest BCUT2D eigenvalue weighted by Gasteiger charge is 2.30. The van der Waals surface area contributed by atoms with Crippen LogP contribution in [0, 0.1) is 0 Å². The molecule has 0 fully saturated rings. The maximum atomic E-state index is 13.5. The molecule has 0 spiro atoms. The Balaban J connectivity index is 1.86. The van der Waals surface area contributed by atoms with Crippen molar-refractivity contribution in [2.24, 2.45) is 0 Å². The number of benzene rings is 3. The Hall–Kier alpha value is -2.83. The number of ether oxygens (including phenoxy) is 1. The second-order valence-corrected chi connectivity index (χ2v) is 9.89. The second kappa shape index (κ2) is 12.8. The molecule has 1 atom stereocenters. The number of rotatable bonds is 10. The van der Waals surface area contributed by atoms with E-state index < -0.39 is 6.04 Å². The summed E-state index contributed by atoms with van der Waals surface area (Å²) in [6.45, 7) is 4.28. The first-order valence-corrected chi connectivity index (χ1v) is 12.7. The molecule has 3 aromatic carbocycles. The predicted octanol–water partition coefficient (Wildman–Crippen LogP) is 5.99. The van der Waals surface area contributed by atoms with Crippen molar-refractivity contribution in [2.75, 3.05) is 13.7 Å². The van der Waals surface area contributed by atoms with Crippen molar-refractivity contribution in [1.29, 1.82) is 0 Å². The van der Waals surface area contributed by atoms with Gasteiger partial charge in [0.1, 0.15) is 11.8 Å². The largest absolute Gasteiger partial charge is 0.483 e. The lowest BCUT2D eigenvalue weighted by atomic mass is 10.0. The fourth-order valence-electron chi connectivity index (χ4n) is 3.72. The highest BCUT2D eigenvalue weighted by molar-refractivity contribution is 9.10. The quantitative estimate of drug-likeness (QED) is 0.333. The van der Waals surface area contributed by atoms with Crippen LogP contribution in [0.4, 0.5) is 0 Å². The van der Waals surface area contributed by atoms with Crippen LogP contribution in [0.3, 0.4) is 0 Å². The van der Waals surface area contributed by atoms with E-state index >= 15 is 0 Å². The maximum Gasteiger partial charge on any atom is 0.261 e. The zero-order valence-corrected chi connectivity index (χ0v) is 22.5. The zero-order chi connectivity index (χ0) is 25.4. The van der Waals surface area contributed by atoms with Crippen LogP contribution in [0.5, 0.6) is 5.75 Å². The molecule has 0 aliphatic carbocycles. The summed E-state index contributed by atoms with van der Waals surface area (Å²) in [6.07, 6.45) is 0.382. The average molecular weight is 558 g/mol. The molecule has 0 unspecified atom stereocenters. The van der Waals surface area contributed by atoms with Gasteiger partial charge < -0.3 is 15.0 Å². The third-order valence-electron chi connectivity index (χ3n) is 5.76. The molecule has 5 nitrogen and oxygen atoms in total. The summed E-state index contributed by atoms with van der Waals surface area (Å²) >= 11 is 9.59. The van der Waals surface area contributed by atoms with Crippen LogP contribution in [-0.2, 0) is 22.6 Å². The van der Waals surface area contributed by atoms with Gasteiger partial charge in [-0.05, 0) is 62.8 Å². The van der Waals surface area contributed by atoms with Gasteiger partial charge in [0.05, 0.1) is 4.47 Å². The molecular formula is C28H30BrClN2O3. The van der Waals surface area contributed by atoms with Crippen LogP contribution in [0.2, 0.25) is 5.02 Å². The summed E-state index contributed by atoms with van der Waals surface area (Å²) in [5, 5.41) is 3.32. The summed E-state index contributed by atoms with van der Waals surface area (Å²) in [6, 6.07) is 22.1. The minimum Gasteiger partial charge on any atom is -0.483 e.